The van der Waals surface area contributed by atoms with Crippen molar-refractivity contribution in [1.82, 2.24) is 0 Å². The molecule has 0 aliphatic carbocycles. The van der Waals surface area contributed by atoms with E-state index in [9.17, 15) is 4.79 Å². The lowest BCUT2D eigenvalue weighted by Crippen LogP contribution is -2.10. The number of halogens is 1. The van der Waals surface area contributed by atoms with Gasteiger partial charge in [-0.05, 0) is 30.2 Å². The second-order valence-corrected chi connectivity index (χ2v) is 3.95. The number of azide groups is 1. The van der Waals surface area contributed by atoms with Crippen LogP contribution < -0.4 is 4.74 Å². The summed E-state index contributed by atoms with van der Waals surface area (Å²) in [5, 5.41) is 12.4. The molecule has 1 rings (SSSR count). The Bertz CT molecular complexity index is 525. The van der Waals surface area contributed by atoms with Gasteiger partial charge in [-0.25, -0.2) is 4.79 Å². The molecule has 1 aromatic rings. The van der Waals surface area contributed by atoms with Gasteiger partial charge in [0, 0.05) is 22.0 Å². The van der Waals surface area contributed by atoms with Crippen LogP contribution in [-0.4, -0.2) is 24.2 Å². The van der Waals surface area contributed by atoms with Gasteiger partial charge in [0.05, 0.1) is 0 Å². The summed E-state index contributed by atoms with van der Waals surface area (Å²) >= 11 is 5.83. The van der Waals surface area contributed by atoms with Gasteiger partial charge in [-0.3, -0.25) is 0 Å². The molecule has 0 bridgehead atoms. The first-order valence-electron chi connectivity index (χ1n) is 5.45. The van der Waals surface area contributed by atoms with E-state index in [0.717, 1.165) is 0 Å². The predicted molar refractivity (Wildman–Crippen MR) is 72.2 cm³/mol. The Morgan fingerprint density at radius 1 is 1.58 bits per heavy atom. The molecule has 0 spiro atoms. The second-order valence-electron chi connectivity index (χ2n) is 3.51. The van der Waals surface area contributed by atoms with Crippen LogP contribution in [0, 0.1) is 0 Å². The summed E-state index contributed by atoms with van der Waals surface area (Å²) in [5.74, 6) is -0.659. The molecule has 0 saturated carbocycles. The fourth-order valence-electron chi connectivity index (χ4n) is 1.30. The number of ether oxygens (including phenoxy) is 1. The molecule has 0 radical (unpaired) electrons. The van der Waals surface area contributed by atoms with E-state index < -0.39 is 12.6 Å². The highest BCUT2D eigenvalue weighted by molar-refractivity contribution is 6.30. The minimum Gasteiger partial charge on any atom is -0.481 e. The Hall–Kier alpha value is -2.17. The van der Waals surface area contributed by atoms with Crippen LogP contribution in [0.1, 0.15) is 12.0 Å². The molecule has 7 heteroatoms. The lowest BCUT2D eigenvalue weighted by Gasteiger charge is -2.07. The van der Waals surface area contributed by atoms with Gasteiger partial charge in [-0.1, -0.05) is 28.9 Å². The lowest BCUT2D eigenvalue weighted by molar-refractivity contribution is -0.139. The Balaban J connectivity index is 2.74. The number of hydrogen-bond donors (Lipinski definition) is 1. The van der Waals surface area contributed by atoms with Crippen LogP contribution in [0.5, 0.6) is 5.75 Å². The zero-order valence-corrected chi connectivity index (χ0v) is 10.7. The third-order valence-corrected chi connectivity index (χ3v) is 2.32. The van der Waals surface area contributed by atoms with E-state index in [0.29, 0.717) is 29.3 Å². The molecule has 1 N–H and O–H groups in total. The van der Waals surface area contributed by atoms with Crippen molar-refractivity contribution in [3.8, 4) is 5.75 Å². The number of carboxylic acid groups (broad SMARTS) is 1. The van der Waals surface area contributed by atoms with Crippen molar-refractivity contribution in [2.24, 2.45) is 5.11 Å². The van der Waals surface area contributed by atoms with E-state index in [-0.39, 0.29) is 0 Å². The summed E-state index contributed by atoms with van der Waals surface area (Å²) in [6.07, 6.45) is 4.16. The van der Waals surface area contributed by atoms with Gasteiger partial charge in [-0.15, -0.1) is 0 Å². The van der Waals surface area contributed by atoms with Gasteiger partial charge in [0.2, 0.25) is 0 Å². The van der Waals surface area contributed by atoms with Crippen LogP contribution in [0.15, 0.2) is 29.4 Å². The molecule has 0 aliphatic rings. The molecule has 0 unspecified atom stereocenters. The first kappa shape index (κ1) is 14.9. The van der Waals surface area contributed by atoms with Crippen molar-refractivity contribution in [3.05, 3.63) is 45.3 Å². The highest BCUT2D eigenvalue weighted by Gasteiger charge is 2.04. The molecule has 0 aliphatic heterocycles. The second kappa shape index (κ2) is 8.02. The summed E-state index contributed by atoms with van der Waals surface area (Å²) in [5.41, 5.74) is 8.84. The van der Waals surface area contributed by atoms with Gasteiger partial charge in [-0.2, -0.15) is 0 Å². The molecule has 6 nitrogen and oxygen atoms in total. The monoisotopic (exact) mass is 281 g/mol. The van der Waals surface area contributed by atoms with E-state index in [1.807, 2.05) is 6.08 Å². The molecule has 0 aromatic heterocycles. The number of carbonyl (C=O) groups is 1. The zero-order chi connectivity index (χ0) is 14.1. The van der Waals surface area contributed by atoms with E-state index in [4.69, 9.17) is 27.0 Å². The average Bonchev–Trinajstić information content (AvgIpc) is 2.38. The molecular formula is C12H12ClN3O3. The molecular weight excluding hydrogens is 270 g/mol. The maximum atomic E-state index is 10.5. The first-order chi connectivity index (χ1) is 9.13. The summed E-state index contributed by atoms with van der Waals surface area (Å²) < 4.78 is 5.14. The summed E-state index contributed by atoms with van der Waals surface area (Å²) in [6.45, 7) is -0.0637. The number of carboxylic acids is 1. The fraction of sp³-hybridized carbons (Fsp3) is 0.250. The van der Waals surface area contributed by atoms with Crippen LogP contribution in [-0.2, 0) is 4.79 Å². The zero-order valence-electron chi connectivity index (χ0n) is 9.99. The van der Waals surface area contributed by atoms with Crippen LogP contribution >= 0.6 is 11.6 Å². The van der Waals surface area contributed by atoms with E-state index in [1.54, 1.807) is 24.3 Å². The van der Waals surface area contributed by atoms with Crippen molar-refractivity contribution in [1.29, 1.82) is 0 Å². The predicted octanol–water partition coefficient (Wildman–Crippen LogP) is 3.52. The minimum absolute atomic E-state index is 0.367. The molecule has 0 fully saturated rings. The SMILES string of the molecule is [N-]=[N+]=NCCC=Cc1ccc(Cl)cc1OCC(=O)O. The van der Waals surface area contributed by atoms with Crippen molar-refractivity contribution < 1.29 is 14.6 Å². The largest absolute Gasteiger partial charge is 0.481 e. The number of benzene rings is 1. The quantitative estimate of drug-likeness (QED) is 0.358. The third kappa shape index (κ3) is 5.81. The number of hydrogen-bond acceptors (Lipinski definition) is 3. The topological polar surface area (TPSA) is 95.3 Å². The average molecular weight is 282 g/mol. The lowest BCUT2D eigenvalue weighted by atomic mass is 10.1. The minimum atomic E-state index is -1.06. The van der Waals surface area contributed by atoms with Crippen LogP contribution in [0.25, 0.3) is 16.5 Å². The molecule has 0 atom stereocenters. The summed E-state index contributed by atoms with van der Waals surface area (Å²) in [7, 11) is 0. The molecule has 19 heavy (non-hydrogen) atoms. The molecule has 0 saturated heterocycles. The standard InChI is InChI=1S/C12H12ClN3O3/c13-10-5-4-9(3-1-2-6-15-16-14)11(7-10)19-8-12(17)18/h1,3-5,7H,2,6,8H2,(H,17,18). The summed E-state index contributed by atoms with van der Waals surface area (Å²) in [6, 6.07) is 4.96. The van der Waals surface area contributed by atoms with Crippen molar-refractivity contribution in [3.63, 3.8) is 0 Å². The third-order valence-electron chi connectivity index (χ3n) is 2.08. The smallest absolute Gasteiger partial charge is 0.341 e. The van der Waals surface area contributed by atoms with Gasteiger partial charge >= 0.3 is 5.97 Å². The summed E-state index contributed by atoms with van der Waals surface area (Å²) in [4.78, 5) is 13.1. The van der Waals surface area contributed by atoms with E-state index in [1.165, 1.54) is 0 Å². The van der Waals surface area contributed by atoms with Crippen molar-refractivity contribution in [2.75, 3.05) is 13.2 Å². The Labute approximate surface area is 114 Å². The maximum Gasteiger partial charge on any atom is 0.341 e. The molecule has 0 amide bonds. The van der Waals surface area contributed by atoms with E-state index in [2.05, 4.69) is 10.0 Å². The highest BCUT2D eigenvalue weighted by atomic mass is 35.5. The number of nitrogens with zero attached hydrogens (tertiary/aromatic N) is 3. The first-order valence-corrected chi connectivity index (χ1v) is 5.83. The van der Waals surface area contributed by atoms with Crippen LogP contribution in [0.3, 0.4) is 0 Å². The normalized spacial score (nSPS) is 10.2. The van der Waals surface area contributed by atoms with Gasteiger partial charge in [0.1, 0.15) is 5.75 Å². The number of aliphatic carboxylic acids is 1. The van der Waals surface area contributed by atoms with Crippen molar-refractivity contribution >= 4 is 23.6 Å². The Morgan fingerprint density at radius 3 is 3.05 bits per heavy atom. The van der Waals surface area contributed by atoms with Gasteiger partial charge in [0.15, 0.2) is 6.61 Å². The van der Waals surface area contributed by atoms with E-state index >= 15 is 0 Å². The van der Waals surface area contributed by atoms with Crippen molar-refractivity contribution in [2.45, 2.75) is 6.42 Å². The maximum absolute atomic E-state index is 10.5. The van der Waals surface area contributed by atoms with Gasteiger partial charge in [0.25, 0.3) is 0 Å². The Morgan fingerprint density at radius 2 is 2.37 bits per heavy atom. The van der Waals surface area contributed by atoms with Crippen LogP contribution in [0.4, 0.5) is 0 Å². The molecule has 0 heterocycles. The Kier molecular flexibility index (Phi) is 6.29. The highest BCUT2D eigenvalue weighted by Crippen LogP contribution is 2.24. The number of rotatable bonds is 7. The molecule has 100 valence electrons. The van der Waals surface area contributed by atoms with Crippen LogP contribution in [0.2, 0.25) is 5.02 Å². The van der Waals surface area contributed by atoms with Gasteiger partial charge < -0.3 is 9.84 Å². The molecule has 1 aromatic carbocycles. The fourth-order valence-corrected chi connectivity index (χ4v) is 1.46.